The Bertz CT molecular complexity index is 782. The average Bonchev–Trinajstić information content (AvgIpc) is 2.53. The van der Waals surface area contributed by atoms with Crippen molar-refractivity contribution in [2.75, 3.05) is 18.2 Å². The maximum Gasteiger partial charge on any atom is 0.262 e. The molecule has 23 heavy (non-hydrogen) atoms. The van der Waals surface area contributed by atoms with Crippen LogP contribution in [0.4, 0.5) is 5.69 Å². The van der Waals surface area contributed by atoms with E-state index in [0.717, 1.165) is 23.9 Å². The molecule has 0 fully saturated rings. The highest BCUT2D eigenvalue weighted by molar-refractivity contribution is 7.90. The number of carbonyl (C=O) groups is 1. The summed E-state index contributed by atoms with van der Waals surface area (Å²) in [5.41, 5.74) is 1.83. The number of sulfone groups is 1. The molecule has 1 amide bonds. The number of anilines is 1. The fourth-order valence-corrected chi connectivity index (χ4v) is 2.70. The molecule has 0 atom stereocenters. The van der Waals surface area contributed by atoms with Crippen molar-refractivity contribution in [1.29, 1.82) is 0 Å². The number of ether oxygens (including phenoxy) is 1. The van der Waals surface area contributed by atoms with Gasteiger partial charge in [-0.2, -0.15) is 0 Å². The van der Waals surface area contributed by atoms with Gasteiger partial charge in [0.1, 0.15) is 5.75 Å². The van der Waals surface area contributed by atoms with Gasteiger partial charge in [-0.1, -0.05) is 25.1 Å². The molecule has 122 valence electrons. The van der Waals surface area contributed by atoms with Gasteiger partial charge in [0.05, 0.1) is 4.90 Å². The zero-order valence-corrected chi connectivity index (χ0v) is 13.9. The van der Waals surface area contributed by atoms with E-state index in [1.807, 2.05) is 31.2 Å². The lowest BCUT2D eigenvalue weighted by Gasteiger charge is -2.10. The van der Waals surface area contributed by atoms with Crippen LogP contribution in [0.5, 0.6) is 5.75 Å². The molecule has 0 heterocycles. The van der Waals surface area contributed by atoms with E-state index in [4.69, 9.17) is 4.74 Å². The van der Waals surface area contributed by atoms with Crippen LogP contribution in [-0.4, -0.2) is 27.2 Å². The maximum atomic E-state index is 11.9. The van der Waals surface area contributed by atoms with E-state index in [1.54, 1.807) is 0 Å². The molecule has 0 aromatic heterocycles. The molecule has 0 aliphatic heterocycles. The normalized spacial score (nSPS) is 11.0. The van der Waals surface area contributed by atoms with Gasteiger partial charge in [-0.25, -0.2) is 8.42 Å². The monoisotopic (exact) mass is 333 g/mol. The van der Waals surface area contributed by atoms with Crippen LogP contribution in [0.2, 0.25) is 0 Å². The van der Waals surface area contributed by atoms with Crippen LogP contribution in [0, 0.1) is 0 Å². The Morgan fingerprint density at radius 1 is 1.09 bits per heavy atom. The number of benzene rings is 2. The van der Waals surface area contributed by atoms with Crippen LogP contribution in [0.1, 0.15) is 12.5 Å². The molecular formula is C17H19NO4S. The SMILES string of the molecule is CCc1ccccc1NC(=O)COc1ccc(S(C)(=O)=O)cc1. The molecule has 2 aromatic carbocycles. The van der Waals surface area contributed by atoms with Crippen LogP contribution >= 0.6 is 0 Å². The topological polar surface area (TPSA) is 72.5 Å². The molecule has 2 aromatic rings. The molecule has 5 nitrogen and oxygen atoms in total. The molecule has 0 aliphatic rings. The van der Waals surface area contributed by atoms with Gasteiger partial charge in [0.25, 0.3) is 5.91 Å². The summed E-state index contributed by atoms with van der Waals surface area (Å²) < 4.78 is 28.1. The summed E-state index contributed by atoms with van der Waals surface area (Å²) in [5, 5.41) is 2.81. The Hall–Kier alpha value is -2.34. The molecule has 1 N–H and O–H groups in total. The molecule has 0 spiro atoms. The largest absolute Gasteiger partial charge is 0.484 e. The highest BCUT2D eigenvalue weighted by Crippen LogP contribution is 2.17. The van der Waals surface area contributed by atoms with E-state index < -0.39 is 9.84 Å². The van der Waals surface area contributed by atoms with Crippen molar-refractivity contribution in [2.24, 2.45) is 0 Å². The van der Waals surface area contributed by atoms with Crippen molar-refractivity contribution in [1.82, 2.24) is 0 Å². The average molecular weight is 333 g/mol. The maximum absolute atomic E-state index is 11.9. The van der Waals surface area contributed by atoms with Gasteiger partial charge in [-0.05, 0) is 42.3 Å². The van der Waals surface area contributed by atoms with Gasteiger partial charge in [-0.15, -0.1) is 0 Å². The van der Waals surface area contributed by atoms with Gasteiger partial charge < -0.3 is 10.1 Å². The first kappa shape index (κ1) is 17.0. The smallest absolute Gasteiger partial charge is 0.262 e. The minimum Gasteiger partial charge on any atom is -0.484 e. The minimum absolute atomic E-state index is 0.143. The highest BCUT2D eigenvalue weighted by atomic mass is 32.2. The quantitative estimate of drug-likeness (QED) is 0.882. The number of aryl methyl sites for hydroxylation is 1. The van der Waals surface area contributed by atoms with Gasteiger partial charge in [-0.3, -0.25) is 4.79 Å². The summed E-state index contributed by atoms with van der Waals surface area (Å²) in [6.07, 6.45) is 1.96. The van der Waals surface area contributed by atoms with Gasteiger partial charge in [0.2, 0.25) is 0 Å². The van der Waals surface area contributed by atoms with Crippen LogP contribution in [-0.2, 0) is 21.1 Å². The second-order valence-electron chi connectivity index (χ2n) is 5.09. The third-order valence-electron chi connectivity index (χ3n) is 3.29. The summed E-state index contributed by atoms with van der Waals surface area (Å²) in [4.78, 5) is 12.2. The lowest BCUT2D eigenvalue weighted by molar-refractivity contribution is -0.118. The van der Waals surface area contributed by atoms with Crippen LogP contribution in [0.15, 0.2) is 53.4 Å². The van der Waals surface area contributed by atoms with Gasteiger partial charge in [0.15, 0.2) is 16.4 Å². The summed E-state index contributed by atoms with van der Waals surface area (Å²) in [6, 6.07) is 13.6. The van der Waals surface area contributed by atoms with Gasteiger partial charge >= 0.3 is 0 Å². The van der Waals surface area contributed by atoms with Crippen molar-refractivity contribution >= 4 is 21.4 Å². The first-order valence-corrected chi connectivity index (χ1v) is 9.10. The first-order valence-electron chi connectivity index (χ1n) is 7.21. The van der Waals surface area contributed by atoms with E-state index >= 15 is 0 Å². The minimum atomic E-state index is -3.23. The van der Waals surface area contributed by atoms with Crippen LogP contribution in [0.3, 0.4) is 0 Å². The van der Waals surface area contributed by atoms with E-state index in [1.165, 1.54) is 24.3 Å². The summed E-state index contributed by atoms with van der Waals surface area (Å²) in [7, 11) is -3.23. The van der Waals surface area contributed by atoms with Crippen molar-refractivity contribution in [3.05, 3.63) is 54.1 Å². The van der Waals surface area contributed by atoms with E-state index in [0.29, 0.717) is 5.75 Å². The predicted octanol–water partition coefficient (Wildman–Crippen LogP) is 2.67. The Balaban J connectivity index is 1.94. The Labute approximate surface area is 136 Å². The van der Waals surface area contributed by atoms with Crippen molar-refractivity contribution in [3.8, 4) is 5.75 Å². The number of rotatable bonds is 6. The standard InChI is InChI=1S/C17H19NO4S/c1-3-13-6-4-5-7-16(13)18-17(19)12-22-14-8-10-15(11-9-14)23(2,20)21/h4-11H,3,12H2,1-2H3,(H,18,19). The van der Waals surface area contributed by atoms with Crippen LogP contribution in [0.25, 0.3) is 0 Å². The molecule has 2 rings (SSSR count). The number of amides is 1. The molecule has 0 saturated carbocycles. The predicted molar refractivity (Wildman–Crippen MR) is 89.5 cm³/mol. The van der Waals surface area contributed by atoms with Gasteiger partial charge in [0, 0.05) is 11.9 Å². The number of para-hydroxylation sites is 1. The number of nitrogens with one attached hydrogen (secondary N) is 1. The molecule has 6 heteroatoms. The van der Waals surface area contributed by atoms with Crippen molar-refractivity contribution in [2.45, 2.75) is 18.2 Å². The van der Waals surface area contributed by atoms with E-state index in [-0.39, 0.29) is 17.4 Å². The lowest BCUT2D eigenvalue weighted by atomic mass is 10.1. The highest BCUT2D eigenvalue weighted by Gasteiger charge is 2.09. The number of carbonyl (C=O) groups excluding carboxylic acids is 1. The summed E-state index contributed by atoms with van der Waals surface area (Å²) in [6.45, 7) is 1.88. The Kier molecular flexibility index (Phi) is 5.39. The van der Waals surface area contributed by atoms with Crippen molar-refractivity contribution in [3.63, 3.8) is 0 Å². The lowest BCUT2D eigenvalue weighted by Crippen LogP contribution is -2.20. The van der Waals surface area contributed by atoms with E-state index in [2.05, 4.69) is 5.32 Å². The fourth-order valence-electron chi connectivity index (χ4n) is 2.07. The zero-order valence-electron chi connectivity index (χ0n) is 13.1. The molecule has 0 aliphatic carbocycles. The number of hydrogen-bond acceptors (Lipinski definition) is 4. The van der Waals surface area contributed by atoms with Crippen molar-refractivity contribution < 1.29 is 17.9 Å². The second-order valence-corrected chi connectivity index (χ2v) is 7.11. The molecule has 0 unspecified atom stereocenters. The fraction of sp³-hybridized carbons (Fsp3) is 0.235. The zero-order chi connectivity index (χ0) is 16.9. The molecule has 0 radical (unpaired) electrons. The third-order valence-corrected chi connectivity index (χ3v) is 4.42. The first-order chi connectivity index (χ1) is 10.9. The Morgan fingerprint density at radius 3 is 2.35 bits per heavy atom. The molecule has 0 bridgehead atoms. The Morgan fingerprint density at radius 2 is 1.74 bits per heavy atom. The second kappa shape index (κ2) is 7.28. The van der Waals surface area contributed by atoms with Crippen LogP contribution < -0.4 is 10.1 Å². The van der Waals surface area contributed by atoms with E-state index in [9.17, 15) is 13.2 Å². The molecule has 0 saturated heterocycles. The summed E-state index contributed by atoms with van der Waals surface area (Å²) >= 11 is 0. The third kappa shape index (κ3) is 4.82. The molecular weight excluding hydrogens is 314 g/mol. The summed E-state index contributed by atoms with van der Waals surface area (Å²) in [5.74, 6) is 0.175. The number of hydrogen-bond donors (Lipinski definition) is 1.